The third kappa shape index (κ3) is 4.10. The number of likely N-dealkylation sites (tertiary alicyclic amines) is 2. The molecule has 2 amide bonds. The molecular formula is C22H20F3N5O3. The molecule has 2 fully saturated rings. The normalized spacial score (nSPS) is 20.3. The van der Waals surface area contributed by atoms with E-state index in [2.05, 4.69) is 15.4 Å². The van der Waals surface area contributed by atoms with E-state index in [1.165, 1.54) is 18.2 Å². The Morgan fingerprint density at radius 3 is 2.45 bits per heavy atom. The molecule has 11 heteroatoms. The maximum atomic E-state index is 13.1. The molecule has 2 atom stereocenters. The lowest BCUT2D eigenvalue weighted by molar-refractivity contribution is -0.140. The number of aromatic amines is 1. The van der Waals surface area contributed by atoms with Crippen molar-refractivity contribution in [3.63, 3.8) is 0 Å². The zero-order valence-electron chi connectivity index (χ0n) is 17.4. The molecule has 0 spiro atoms. The quantitative estimate of drug-likeness (QED) is 0.648. The maximum Gasteiger partial charge on any atom is 0.419 e. The highest BCUT2D eigenvalue weighted by Gasteiger charge is 2.43. The highest BCUT2D eigenvalue weighted by Crippen LogP contribution is 2.36. The van der Waals surface area contributed by atoms with Gasteiger partial charge in [0.05, 0.1) is 11.1 Å². The first-order valence-electron chi connectivity index (χ1n) is 10.5. The van der Waals surface area contributed by atoms with Crippen LogP contribution in [0.4, 0.5) is 13.2 Å². The van der Waals surface area contributed by atoms with E-state index in [4.69, 9.17) is 4.74 Å². The maximum absolute atomic E-state index is 13.1. The Morgan fingerprint density at radius 2 is 1.73 bits per heavy atom. The minimum Gasteiger partial charge on any atom is -0.483 e. The summed E-state index contributed by atoms with van der Waals surface area (Å²) in [7, 11) is 0. The van der Waals surface area contributed by atoms with Gasteiger partial charge < -0.3 is 14.5 Å². The van der Waals surface area contributed by atoms with Crippen LogP contribution in [0.5, 0.6) is 5.75 Å². The van der Waals surface area contributed by atoms with Crippen LogP contribution in [-0.2, 0) is 11.0 Å². The number of ether oxygens (including phenoxy) is 1. The standard InChI is InChI=1S/C22H20F3N5O3/c23-22(24,25)16-3-1-2-4-19(16)33-12-20(31)29-8-14-10-30(11-15(14)9-29)21(32)13-5-6-17-18(7-13)27-28-26-17/h1-7,14-15H,8-12H2,(H,26,27,28)/t14-,15-/m0/s1. The van der Waals surface area contributed by atoms with Gasteiger partial charge >= 0.3 is 6.18 Å². The molecule has 2 saturated heterocycles. The number of fused-ring (bicyclic) bond motifs is 2. The van der Waals surface area contributed by atoms with Crippen LogP contribution < -0.4 is 4.74 Å². The van der Waals surface area contributed by atoms with Crippen molar-refractivity contribution in [3.8, 4) is 5.75 Å². The second kappa shape index (κ2) is 8.05. The van der Waals surface area contributed by atoms with Crippen LogP contribution in [0.25, 0.3) is 11.0 Å². The number of halogens is 3. The number of nitrogens with zero attached hydrogens (tertiary/aromatic N) is 4. The fraction of sp³-hybridized carbons (Fsp3) is 0.364. The van der Waals surface area contributed by atoms with Crippen LogP contribution in [0.2, 0.25) is 0 Å². The lowest BCUT2D eigenvalue weighted by Gasteiger charge is -2.22. The SMILES string of the molecule is O=C(COc1ccccc1C(F)(F)F)N1C[C@H]2CN(C(=O)c3ccc4[nH]nnc4c3)C[C@@H]2C1. The van der Waals surface area contributed by atoms with Crippen LogP contribution in [0, 0.1) is 11.8 Å². The lowest BCUT2D eigenvalue weighted by Crippen LogP contribution is -2.37. The van der Waals surface area contributed by atoms with Crippen molar-refractivity contribution in [1.29, 1.82) is 0 Å². The molecular weight excluding hydrogens is 439 g/mol. The Labute approximate surface area is 186 Å². The predicted octanol–water partition coefficient (Wildman–Crippen LogP) is 2.59. The third-order valence-corrected chi connectivity index (χ3v) is 6.24. The second-order valence-corrected chi connectivity index (χ2v) is 8.36. The van der Waals surface area contributed by atoms with E-state index in [0.29, 0.717) is 37.3 Å². The number of nitrogens with one attached hydrogen (secondary N) is 1. The van der Waals surface area contributed by atoms with Gasteiger partial charge in [-0.25, -0.2) is 0 Å². The molecule has 0 bridgehead atoms. The zero-order chi connectivity index (χ0) is 23.2. The van der Waals surface area contributed by atoms with Gasteiger partial charge in [0.25, 0.3) is 11.8 Å². The fourth-order valence-corrected chi connectivity index (χ4v) is 4.58. The minimum atomic E-state index is -4.56. The van der Waals surface area contributed by atoms with Gasteiger partial charge in [0.1, 0.15) is 11.3 Å². The van der Waals surface area contributed by atoms with E-state index in [1.807, 2.05) is 0 Å². The number of carbonyl (C=O) groups excluding carboxylic acids is 2. The van der Waals surface area contributed by atoms with E-state index in [-0.39, 0.29) is 29.4 Å². The molecule has 0 unspecified atom stereocenters. The number of carbonyl (C=O) groups is 2. The number of alkyl halides is 3. The molecule has 2 aliphatic heterocycles. The van der Waals surface area contributed by atoms with Gasteiger partial charge in [-0.2, -0.15) is 13.2 Å². The van der Waals surface area contributed by atoms with Gasteiger partial charge in [0.2, 0.25) is 0 Å². The topological polar surface area (TPSA) is 91.4 Å². The van der Waals surface area contributed by atoms with Crippen molar-refractivity contribution in [3.05, 3.63) is 53.6 Å². The van der Waals surface area contributed by atoms with E-state index < -0.39 is 18.3 Å². The first-order chi connectivity index (χ1) is 15.8. The Balaban J connectivity index is 1.17. The van der Waals surface area contributed by atoms with Crippen molar-refractivity contribution in [1.82, 2.24) is 25.2 Å². The zero-order valence-corrected chi connectivity index (χ0v) is 17.4. The van der Waals surface area contributed by atoms with E-state index in [0.717, 1.165) is 11.6 Å². The summed E-state index contributed by atoms with van der Waals surface area (Å²) in [5.41, 5.74) is 0.985. The first-order valence-corrected chi connectivity index (χ1v) is 10.5. The number of aromatic nitrogens is 3. The molecule has 172 valence electrons. The molecule has 3 aromatic rings. The molecule has 3 heterocycles. The highest BCUT2D eigenvalue weighted by atomic mass is 19.4. The fourth-order valence-electron chi connectivity index (χ4n) is 4.58. The average molecular weight is 459 g/mol. The number of amides is 2. The minimum absolute atomic E-state index is 0.0979. The molecule has 2 aromatic carbocycles. The van der Waals surface area contributed by atoms with Crippen LogP contribution in [-0.4, -0.2) is 69.8 Å². The largest absolute Gasteiger partial charge is 0.483 e. The molecule has 0 saturated carbocycles. The van der Waals surface area contributed by atoms with Gasteiger partial charge in [-0.3, -0.25) is 14.7 Å². The Kier molecular flexibility index (Phi) is 5.18. The predicted molar refractivity (Wildman–Crippen MR) is 110 cm³/mol. The van der Waals surface area contributed by atoms with Crippen LogP contribution in [0.15, 0.2) is 42.5 Å². The Morgan fingerprint density at radius 1 is 1.03 bits per heavy atom. The number of benzene rings is 2. The molecule has 1 N–H and O–H groups in total. The summed E-state index contributed by atoms with van der Waals surface area (Å²) in [5.74, 6) is -0.583. The molecule has 8 nitrogen and oxygen atoms in total. The van der Waals surface area contributed by atoms with Gasteiger partial charge in [0, 0.05) is 43.6 Å². The number of rotatable bonds is 4. The molecule has 0 radical (unpaired) electrons. The van der Waals surface area contributed by atoms with Crippen molar-refractivity contribution < 1.29 is 27.5 Å². The van der Waals surface area contributed by atoms with E-state index in [9.17, 15) is 22.8 Å². The summed E-state index contributed by atoms with van der Waals surface area (Å²) >= 11 is 0. The van der Waals surface area contributed by atoms with Crippen molar-refractivity contribution in [2.45, 2.75) is 6.18 Å². The number of para-hydroxylation sites is 1. The van der Waals surface area contributed by atoms with Gasteiger partial charge in [0.15, 0.2) is 6.61 Å². The summed E-state index contributed by atoms with van der Waals surface area (Å²) in [6.07, 6.45) is -4.56. The molecule has 0 aliphatic carbocycles. The smallest absolute Gasteiger partial charge is 0.419 e. The molecule has 1 aromatic heterocycles. The third-order valence-electron chi connectivity index (χ3n) is 6.24. The summed E-state index contributed by atoms with van der Waals surface area (Å²) in [6.45, 7) is 1.45. The number of hydrogen-bond acceptors (Lipinski definition) is 5. The number of H-pyrrole nitrogens is 1. The van der Waals surface area contributed by atoms with Gasteiger partial charge in [-0.15, -0.1) is 5.10 Å². The highest BCUT2D eigenvalue weighted by molar-refractivity contribution is 5.97. The van der Waals surface area contributed by atoms with Gasteiger partial charge in [-0.1, -0.05) is 17.3 Å². The monoisotopic (exact) mass is 459 g/mol. The lowest BCUT2D eigenvalue weighted by atomic mass is 10.0. The van der Waals surface area contributed by atoms with E-state index in [1.54, 1.807) is 28.0 Å². The van der Waals surface area contributed by atoms with Crippen molar-refractivity contribution >= 4 is 22.8 Å². The molecule has 2 aliphatic rings. The van der Waals surface area contributed by atoms with E-state index >= 15 is 0 Å². The summed E-state index contributed by atoms with van der Waals surface area (Å²) in [4.78, 5) is 28.9. The van der Waals surface area contributed by atoms with Crippen LogP contribution >= 0.6 is 0 Å². The summed E-state index contributed by atoms with van der Waals surface area (Å²) in [5, 5.41) is 10.4. The van der Waals surface area contributed by atoms with Gasteiger partial charge in [-0.05, 0) is 30.3 Å². The number of hydrogen-bond donors (Lipinski definition) is 1. The van der Waals surface area contributed by atoms with Crippen molar-refractivity contribution in [2.24, 2.45) is 11.8 Å². The molecule has 33 heavy (non-hydrogen) atoms. The van der Waals surface area contributed by atoms with Crippen LogP contribution in [0.3, 0.4) is 0 Å². The summed E-state index contributed by atoms with van der Waals surface area (Å²) in [6, 6.07) is 10.0. The van der Waals surface area contributed by atoms with Crippen molar-refractivity contribution in [2.75, 3.05) is 32.8 Å². The van der Waals surface area contributed by atoms with Crippen LogP contribution in [0.1, 0.15) is 15.9 Å². The summed E-state index contributed by atoms with van der Waals surface area (Å²) < 4.78 is 44.5. The Hall–Kier alpha value is -3.63. The Bertz CT molecular complexity index is 1200. The first kappa shape index (κ1) is 21.2. The average Bonchev–Trinajstić information content (AvgIpc) is 3.50. The second-order valence-electron chi connectivity index (χ2n) is 8.36. The molecule has 5 rings (SSSR count).